The Kier molecular flexibility index (Phi) is 5.66. The molecule has 0 saturated heterocycles. The summed E-state index contributed by atoms with van der Waals surface area (Å²) in [5.41, 5.74) is 5.07. The van der Waals surface area contributed by atoms with Crippen LogP contribution in [0.15, 0.2) is 65.7 Å². The molecule has 2 heterocycles. The average Bonchev–Trinajstić information content (AvgIpc) is 3.16. The molecule has 6 nitrogen and oxygen atoms in total. The van der Waals surface area contributed by atoms with E-state index in [4.69, 9.17) is 0 Å². The first kappa shape index (κ1) is 20.5. The van der Waals surface area contributed by atoms with Gasteiger partial charge >= 0.3 is 0 Å². The molecule has 0 atom stereocenters. The lowest BCUT2D eigenvalue weighted by Crippen LogP contribution is -2.32. The molecular weight excluding hydrogens is 395 g/mol. The Balaban J connectivity index is 1.45. The van der Waals surface area contributed by atoms with Crippen LogP contribution in [0, 0.1) is 19.7 Å². The molecule has 0 bridgehead atoms. The Bertz CT molecular complexity index is 1310. The third-order valence-corrected chi connectivity index (χ3v) is 5.21. The van der Waals surface area contributed by atoms with E-state index in [2.05, 4.69) is 16.5 Å². The van der Waals surface area contributed by atoms with Crippen LogP contribution in [0.3, 0.4) is 0 Å². The molecule has 0 aliphatic heterocycles. The molecule has 1 N–H and O–H groups in total. The second-order valence-electron chi connectivity index (χ2n) is 7.63. The molecule has 0 aliphatic rings. The van der Waals surface area contributed by atoms with Crippen LogP contribution in [0.2, 0.25) is 0 Å². The van der Waals surface area contributed by atoms with E-state index < -0.39 is 0 Å². The number of aromatic nitrogens is 3. The number of nitrogens with zero attached hydrogens (tertiary/aromatic N) is 3. The van der Waals surface area contributed by atoms with Crippen LogP contribution in [0.25, 0.3) is 16.8 Å². The smallest absolute Gasteiger partial charge is 0.276 e. The maximum absolute atomic E-state index is 13.0. The van der Waals surface area contributed by atoms with E-state index in [0.29, 0.717) is 18.6 Å². The highest BCUT2D eigenvalue weighted by Gasteiger charge is 2.11. The molecule has 0 fully saturated rings. The van der Waals surface area contributed by atoms with Gasteiger partial charge in [0, 0.05) is 31.0 Å². The van der Waals surface area contributed by atoms with Gasteiger partial charge in [0.1, 0.15) is 11.3 Å². The molecule has 0 aliphatic carbocycles. The third kappa shape index (κ3) is 4.55. The normalized spacial score (nSPS) is 11.1. The number of benzene rings is 2. The maximum atomic E-state index is 13.0. The quantitative estimate of drug-likeness (QED) is 0.523. The average molecular weight is 418 g/mol. The predicted octanol–water partition coefficient (Wildman–Crippen LogP) is 3.28. The van der Waals surface area contributed by atoms with E-state index in [-0.39, 0.29) is 23.7 Å². The monoisotopic (exact) mass is 418 g/mol. The molecule has 2 aromatic heterocycles. The number of nitrogens with one attached hydrogen (secondary N) is 1. The van der Waals surface area contributed by atoms with Crippen molar-refractivity contribution in [3.63, 3.8) is 0 Å². The number of amides is 1. The van der Waals surface area contributed by atoms with Crippen LogP contribution in [0.1, 0.15) is 16.7 Å². The van der Waals surface area contributed by atoms with Crippen molar-refractivity contribution < 1.29 is 9.18 Å². The van der Waals surface area contributed by atoms with Crippen LogP contribution in [0.5, 0.6) is 0 Å². The van der Waals surface area contributed by atoms with Gasteiger partial charge in [0.25, 0.3) is 5.56 Å². The Hall–Kier alpha value is -3.74. The number of hydrogen-bond acceptors (Lipinski definition) is 3. The molecule has 4 rings (SSSR count). The van der Waals surface area contributed by atoms with Crippen LogP contribution in [-0.2, 0) is 17.8 Å². The van der Waals surface area contributed by atoms with E-state index >= 15 is 0 Å². The van der Waals surface area contributed by atoms with Crippen molar-refractivity contribution in [3.8, 4) is 11.3 Å². The molecule has 0 radical (unpaired) electrons. The Morgan fingerprint density at radius 3 is 2.58 bits per heavy atom. The van der Waals surface area contributed by atoms with Gasteiger partial charge in [-0.05, 0) is 43.2 Å². The highest BCUT2D eigenvalue weighted by atomic mass is 19.1. The van der Waals surface area contributed by atoms with Crippen molar-refractivity contribution in [2.45, 2.75) is 26.8 Å². The summed E-state index contributed by atoms with van der Waals surface area (Å²) >= 11 is 0. The van der Waals surface area contributed by atoms with E-state index in [9.17, 15) is 14.0 Å². The van der Waals surface area contributed by atoms with Gasteiger partial charge in [-0.3, -0.25) is 9.59 Å². The van der Waals surface area contributed by atoms with Gasteiger partial charge < -0.3 is 9.88 Å². The largest absolute Gasteiger partial charge is 0.354 e. The standard InChI is InChI=1S/C24H23FN4O2/c1-16-3-8-20(17(2)13-16)21-15-22-24(31)28(11-12-29(22)27-21)10-9-26-23(30)14-18-4-6-19(25)7-5-18/h3-8,11-13,15H,9-10,14H2,1-2H3,(H,26,30). The van der Waals surface area contributed by atoms with E-state index in [0.717, 1.165) is 22.4 Å². The summed E-state index contributed by atoms with van der Waals surface area (Å²) in [7, 11) is 0. The van der Waals surface area contributed by atoms with Crippen molar-refractivity contribution in [2.24, 2.45) is 0 Å². The Morgan fingerprint density at radius 1 is 1.06 bits per heavy atom. The lowest BCUT2D eigenvalue weighted by atomic mass is 10.0. The van der Waals surface area contributed by atoms with Gasteiger partial charge in [0.15, 0.2) is 0 Å². The van der Waals surface area contributed by atoms with Gasteiger partial charge in [-0.2, -0.15) is 5.10 Å². The Morgan fingerprint density at radius 2 is 1.84 bits per heavy atom. The van der Waals surface area contributed by atoms with Crippen molar-refractivity contribution in [2.75, 3.05) is 6.54 Å². The number of rotatable bonds is 6. The van der Waals surface area contributed by atoms with E-state index in [1.807, 2.05) is 26.0 Å². The predicted molar refractivity (Wildman–Crippen MR) is 117 cm³/mol. The SMILES string of the molecule is Cc1ccc(-c2cc3c(=O)n(CCNC(=O)Cc4ccc(F)cc4)ccn3n2)c(C)c1. The van der Waals surface area contributed by atoms with Gasteiger partial charge in [-0.25, -0.2) is 8.91 Å². The van der Waals surface area contributed by atoms with Crippen LogP contribution >= 0.6 is 0 Å². The number of carbonyl (C=O) groups excluding carboxylic acids is 1. The molecule has 158 valence electrons. The van der Waals surface area contributed by atoms with Crippen LogP contribution < -0.4 is 10.9 Å². The van der Waals surface area contributed by atoms with Crippen molar-refractivity contribution in [1.29, 1.82) is 0 Å². The van der Waals surface area contributed by atoms with Gasteiger partial charge in [0.05, 0.1) is 12.1 Å². The molecule has 7 heteroatoms. The summed E-state index contributed by atoms with van der Waals surface area (Å²) in [5.74, 6) is -0.512. The van der Waals surface area contributed by atoms with Crippen molar-refractivity contribution >= 4 is 11.4 Å². The summed E-state index contributed by atoms with van der Waals surface area (Å²) in [6.07, 6.45) is 3.57. The fraction of sp³-hybridized carbons (Fsp3) is 0.208. The number of carbonyl (C=O) groups is 1. The third-order valence-electron chi connectivity index (χ3n) is 5.21. The van der Waals surface area contributed by atoms with Gasteiger partial charge in [0.2, 0.25) is 5.91 Å². The summed E-state index contributed by atoms with van der Waals surface area (Å²) in [4.78, 5) is 25.0. The summed E-state index contributed by atoms with van der Waals surface area (Å²) in [6.45, 7) is 4.72. The summed E-state index contributed by atoms with van der Waals surface area (Å²) < 4.78 is 16.1. The zero-order valence-electron chi connectivity index (χ0n) is 17.4. The fourth-order valence-corrected chi connectivity index (χ4v) is 3.60. The number of hydrogen-bond donors (Lipinski definition) is 1. The minimum Gasteiger partial charge on any atom is -0.354 e. The zero-order valence-corrected chi connectivity index (χ0v) is 17.4. The molecule has 0 spiro atoms. The number of halogens is 1. The molecule has 2 aromatic carbocycles. The lowest BCUT2D eigenvalue weighted by molar-refractivity contribution is -0.120. The first-order chi connectivity index (χ1) is 14.9. The second-order valence-corrected chi connectivity index (χ2v) is 7.63. The zero-order chi connectivity index (χ0) is 22.0. The van der Waals surface area contributed by atoms with Crippen molar-refractivity contribution in [1.82, 2.24) is 19.5 Å². The van der Waals surface area contributed by atoms with Crippen molar-refractivity contribution in [3.05, 3.63) is 93.8 Å². The number of aryl methyl sites for hydroxylation is 2. The summed E-state index contributed by atoms with van der Waals surface area (Å²) in [5, 5.41) is 7.34. The topological polar surface area (TPSA) is 68.4 Å². The van der Waals surface area contributed by atoms with E-state index in [1.54, 1.807) is 39.7 Å². The molecule has 4 aromatic rings. The fourth-order valence-electron chi connectivity index (χ4n) is 3.60. The van der Waals surface area contributed by atoms with E-state index in [1.165, 1.54) is 17.7 Å². The molecule has 31 heavy (non-hydrogen) atoms. The van der Waals surface area contributed by atoms with Crippen LogP contribution in [0.4, 0.5) is 4.39 Å². The van der Waals surface area contributed by atoms with Gasteiger partial charge in [-0.1, -0.05) is 35.9 Å². The lowest BCUT2D eigenvalue weighted by Gasteiger charge is -2.08. The minimum absolute atomic E-state index is 0.163. The molecular formula is C24H23FN4O2. The minimum atomic E-state index is -0.334. The summed E-state index contributed by atoms with van der Waals surface area (Å²) in [6, 6.07) is 13.8. The molecule has 1 amide bonds. The highest BCUT2D eigenvalue weighted by Crippen LogP contribution is 2.23. The first-order valence-corrected chi connectivity index (χ1v) is 10.1. The highest BCUT2D eigenvalue weighted by molar-refractivity contribution is 5.78. The molecule has 0 unspecified atom stereocenters. The Labute approximate surface area is 179 Å². The second kappa shape index (κ2) is 8.55. The van der Waals surface area contributed by atoms with Crippen LogP contribution in [-0.4, -0.2) is 26.6 Å². The first-order valence-electron chi connectivity index (χ1n) is 10.1. The maximum Gasteiger partial charge on any atom is 0.276 e. The number of fused-ring (bicyclic) bond motifs is 1. The van der Waals surface area contributed by atoms with Gasteiger partial charge in [-0.15, -0.1) is 0 Å². The molecule has 0 saturated carbocycles.